The van der Waals surface area contributed by atoms with Crippen LogP contribution in [0.25, 0.3) is 0 Å². The fourth-order valence-corrected chi connectivity index (χ4v) is 1.80. The van der Waals surface area contributed by atoms with Gasteiger partial charge in [0.25, 0.3) is 5.91 Å². The van der Waals surface area contributed by atoms with Gasteiger partial charge >= 0.3 is 0 Å². The number of pyridine rings is 1. The molecule has 1 heterocycles. The van der Waals surface area contributed by atoms with Crippen LogP contribution >= 0.6 is 11.6 Å². The van der Waals surface area contributed by atoms with E-state index < -0.39 is 0 Å². The monoisotopic (exact) mass is 289 g/mol. The Morgan fingerprint density at radius 2 is 1.80 bits per heavy atom. The molecule has 1 aromatic heterocycles. The number of hydrogen-bond donors (Lipinski definition) is 2. The maximum absolute atomic E-state index is 12.0. The normalized spacial score (nSPS) is 9.90. The Kier molecular flexibility index (Phi) is 4.32. The standard InChI is InChI=1S/C14H12ClN3O2/c1-9(19)17-11-3-2-4-12(8-11)18-14(20)10-5-6-16-13(15)7-10/h2-8H,1H3,(H,17,19)(H,18,20). The molecule has 102 valence electrons. The zero-order chi connectivity index (χ0) is 14.5. The molecule has 0 unspecified atom stereocenters. The molecule has 0 bridgehead atoms. The summed E-state index contributed by atoms with van der Waals surface area (Å²) in [6.45, 7) is 1.42. The van der Waals surface area contributed by atoms with Gasteiger partial charge in [-0.15, -0.1) is 0 Å². The smallest absolute Gasteiger partial charge is 0.255 e. The van der Waals surface area contributed by atoms with E-state index in [1.807, 2.05) is 0 Å². The predicted octanol–water partition coefficient (Wildman–Crippen LogP) is 2.95. The van der Waals surface area contributed by atoms with Gasteiger partial charge in [0.2, 0.25) is 5.91 Å². The first-order chi connectivity index (χ1) is 9.54. The van der Waals surface area contributed by atoms with Crippen molar-refractivity contribution in [1.82, 2.24) is 4.98 Å². The third-order valence-corrected chi connectivity index (χ3v) is 2.64. The van der Waals surface area contributed by atoms with Gasteiger partial charge in [-0.3, -0.25) is 9.59 Å². The molecule has 0 radical (unpaired) electrons. The van der Waals surface area contributed by atoms with Crippen molar-refractivity contribution in [2.45, 2.75) is 6.92 Å². The number of benzene rings is 1. The molecule has 2 aromatic rings. The number of nitrogens with zero attached hydrogens (tertiary/aromatic N) is 1. The number of nitrogens with one attached hydrogen (secondary N) is 2. The molecule has 2 N–H and O–H groups in total. The lowest BCUT2D eigenvalue weighted by Crippen LogP contribution is -2.12. The fraction of sp³-hybridized carbons (Fsp3) is 0.0714. The molecule has 2 amide bonds. The lowest BCUT2D eigenvalue weighted by atomic mass is 10.2. The van der Waals surface area contributed by atoms with Crippen LogP contribution in [0.4, 0.5) is 11.4 Å². The van der Waals surface area contributed by atoms with Crippen molar-refractivity contribution in [1.29, 1.82) is 0 Å². The first-order valence-electron chi connectivity index (χ1n) is 5.85. The molecular formula is C14H12ClN3O2. The van der Waals surface area contributed by atoms with E-state index in [-0.39, 0.29) is 17.0 Å². The van der Waals surface area contributed by atoms with E-state index in [4.69, 9.17) is 11.6 Å². The van der Waals surface area contributed by atoms with Crippen LogP contribution in [0.3, 0.4) is 0 Å². The van der Waals surface area contributed by atoms with Gasteiger partial charge in [0, 0.05) is 30.1 Å². The summed E-state index contributed by atoms with van der Waals surface area (Å²) < 4.78 is 0. The van der Waals surface area contributed by atoms with Gasteiger partial charge in [-0.2, -0.15) is 0 Å². The van der Waals surface area contributed by atoms with Crippen molar-refractivity contribution < 1.29 is 9.59 Å². The predicted molar refractivity (Wildman–Crippen MR) is 77.9 cm³/mol. The summed E-state index contributed by atoms with van der Waals surface area (Å²) in [7, 11) is 0. The molecule has 0 atom stereocenters. The van der Waals surface area contributed by atoms with E-state index in [1.54, 1.807) is 30.3 Å². The summed E-state index contributed by atoms with van der Waals surface area (Å²) in [5, 5.41) is 5.62. The molecule has 0 aliphatic rings. The van der Waals surface area contributed by atoms with Crippen molar-refractivity contribution >= 4 is 34.8 Å². The minimum atomic E-state index is -0.297. The second-order valence-electron chi connectivity index (χ2n) is 4.08. The molecule has 5 nitrogen and oxygen atoms in total. The molecule has 2 rings (SSSR count). The first-order valence-corrected chi connectivity index (χ1v) is 6.23. The van der Waals surface area contributed by atoms with Crippen molar-refractivity contribution in [3.8, 4) is 0 Å². The second kappa shape index (κ2) is 6.16. The van der Waals surface area contributed by atoms with Gasteiger partial charge in [-0.25, -0.2) is 4.98 Å². The Labute approximate surface area is 121 Å². The average molecular weight is 290 g/mol. The van der Waals surface area contributed by atoms with Crippen LogP contribution in [0.2, 0.25) is 5.15 Å². The number of hydrogen-bond acceptors (Lipinski definition) is 3. The molecule has 0 aliphatic heterocycles. The highest BCUT2D eigenvalue weighted by Crippen LogP contribution is 2.16. The molecule has 0 fully saturated rings. The highest BCUT2D eigenvalue weighted by atomic mass is 35.5. The Bertz CT molecular complexity index is 658. The maximum atomic E-state index is 12.0. The summed E-state index contributed by atoms with van der Waals surface area (Å²) >= 11 is 5.74. The molecule has 1 aromatic carbocycles. The van der Waals surface area contributed by atoms with Crippen LogP contribution in [-0.4, -0.2) is 16.8 Å². The molecule has 0 aliphatic carbocycles. The van der Waals surface area contributed by atoms with Gasteiger partial charge < -0.3 is 10.6 Å². The maximum Gasteiger partial charge on any atom is 0.255 e. The summed E-state index contributed by atoms with van der Waals surface area (Å²) in [4.78, 5) is 26.8. The number of carbonyl (C=O) groups excluding carboxylic acids is 2. The zero-order valence-electron chi connectivity index (χ0n) is 10.7. The van der Waals surface area contributed by atoms with Crippen LogP contribution in [0.1, 0.15) is 17.3 Å². The number of anilines is 2. The largest absolute Gasteiger partial charge is 0.326 e. The summed E-state index contributed by atoms with van der Waals surface area (Å²) in [5.74, 6) is -0.469. The van der Waals surface area contributed by atoms with Crippen LogP contribution in [0.15, 0.2) is 42.6 Å². The van der Waals surface area contributed by atoms with Crippen molar-refractivity contribution in [3.05, 3.63) is 53.3 Å². The van der Waals surface area contributed by atoms with Gasteiger partial charge in [-0.1, -0.05) is 17.7 Å². The third-order valence-electron chi connectivity index (χ3n) is 2.43. The summed E-state index contributed by atoms with van der Waals surface area (Å²) in [6.07, 6.45) is 1.46. The lowest BCUT2D eigenvalue weighted by molar-refractivity contribution is -0.114. The number of carbonyl (C=O) groups is 2. The highest BCUT2D eigenvalue weighted by molar-refractivity contribution is 6.29. The fourth-order valence-electron chi connectivity index (χ4n) is 1.62. The number of halogens is 1. The van der Waals surface area contributed by atoms with Crippen molar-refractivity contribution in [2.24, 2.45) is 0 Å². The van der Waals surface area contributed by atoms with Gasteiger partial charge in [-0.05, 0) is 30.3 Å². The second-order valence-corrected chi connectivity index (χ2v) is 4.47. The third kappa shape index (κ3) is 3.80. The van der Waals surface area contributed by atoms with E-state index in [9.17, 15) is 9.59 Å². The minimum absolute atomic E-state index is 0.172. The van der Waals surface area contributed by atoms with Crippen LogP contribution in [-0.2, 0) is 4.79 Å². The van der Waals surface area contributed by atoms with Crippen LogP contribution < -0.4 is 10.6 Å². The van der Waals surface area contributed by atoms with Crippen LogP contribution in [0.5, 0.6) is 0 Å². The molecule has 0 saturated heterocycles. The van der Waals surface area contributed by atoms with E-state index in [0.29, 0.717) is 16.9 Å². The van der Waals surface area contributed by atoms with Crippen molar-refractivity contribution in [2.75, 3.05) is 10.6 Å². The summed E-state index contributed by atoms with van der Waals surface area (Å²) in [5.41, 5.74) is 1.60. The first kappa shape index (κ1) is 14.0. The van der Waals surface area contributed by atoms with E-state index >= 15 is 0 Å². The molecular weight excluding hydrogens is 278 g/mol. The quantitative estimate of drug-likeness (QED) is 0.853. The van der Waals surface area contributed by atoms with Gasteiger partial charge in [0.15, 0.2) is 0 Å². The highest BCUT2D eigenvalue weighted by Gasteiger charge is 2.07. The zero-order valence-corrected chi connectivity index (χ0v) is 11.4. The lowest BCUT2D eigenvalue weighted by Gasteiger charge is -2.08. The molecule has 0 spiro atoms. The topological polar surface area (TPSA) is 71.1 Å². The van der Waals surface area contributed by atoms with Crippen molar-refractivity contribution in [3.63, 3.8) is 0 Å². The Morgan fingerprint density at radius 1 is 1.10 bits per heavy atom. The van der Waals surface area contributed by atoms with E-state index in [1.165, 1.54) is 19.2 Å². The Hall–Kier alpha value is -2.40. The van der Waals surface area contributed by atoms with Crippen LogP contribution in [0, 0.1) is 0 Å². The average Bonchev–Trinajstić information content (AvgIpc) is 2.38. The minimum Gasteiger partial charge on any atom is -0.326 e. The number of aromatic nitrogens is 1. The molecule has 20 heavy (non-hydrogen) atoms. The molecule has 6 heteroatoms. The summed E-state index contributed by atoms with van der Waals surface area (Å²) in [6, 6.07) is 9.92. The SMILES string of the molecule is CC(=O)Nc1cccc(NC(=O)c2ccnc(Cl)c2)c1. The number of rotatable bonds is 3. The molecule has 0 saturated carbocycles. The number of amides is 2. The van der Waals surface area contributed by atoms with E-state index in [2.05, 4.69) is 15.6 Å². The van der Waals surface area contributed by atoms with Gasteiger partial charge in [0.05, 0.1) is 0 Å². The Morgan fingerprint density at radius 3 is 2.45 bits per heavy atom. The van der Waals surface area contributed by atoms with E-state index in [0.717, 1.165) is 0 Å². The Balaban J connectivity index is 2.13. The van der Waals surface area contributed by atoms with Gasteiger partial charge in [0.1, 0.15) is 5.15 Å².